The van der Waals surface area contributed by atoms with Crippen molar-refractivity contribution < 1.29 is 25.1 Å². The minimum absolute atomic E-state index is 0.0460. The highest BCUT2D eigenvalue weighted by atomic mass is 16.9. The Labute approximate surface area is 122 Å². The molecular formula is C9H12N6O7. The maximum Gasteiger partial charge on any atom is 0.315 e. The monoisotopic (exact) mass is 316 g/mol. The van der Waals surface area contributed by atoms with Crippen LogP contribution >= 0.6 is 0 Å². The first-order valence-corrected chi connectivity index (χ1v) is 5.19. The summed E-state index contributed by atoms with van der Waals surface area (Å²) in [5, 5.41) is 40.7. The van der Waals surface area contributed by atoms with Gasteiger partial charge in [-0.25, -0.2) is 0 Å². The van der Waals surface area contributed by atoms with Crippen molar-refractivity contribution in [3.8, 4) is 11.5 Å². The molecule has 13 nitrogen and oxygen atoms in total. The molecule has 6 N–H and O–H groups in total. The number of ether oxygens (including phenoxy) is 1. The average Bonchev–Trinajstić information content (AvgIpc) is 2.38. The molecule has 0 unspecified atom stereocenters. The molecule has 13 heteroatoms. The van der Waals surface area contributed by atoms with Crippen molar-refractivity contribution in [2.45, 2.75) is 0 Å². The Kier molecular flexibility index (Phi) is 7.11. The minimum Gasteiger partial charge on any atom is -0.500 e. The Morgan fingerprint density at radius 2 is 1.91 bits per heavy atom. The number of phenols is 1. The van der Waals surface area contributed by atoms with E-state index < -0.39 is 21.4 Å². The molecule has 1 aromatic carbocycles. The van der Waals surface area contributed by atoms with E-state index in [1.807, 2.05) is 0 Å². The molecule has 0 aliphatic heterocycles. The Bertz CT molecular complexity index is 607. The first-order chi connectivity index (χ1) is 10.2. The Balaban J connectivity index is 0.000000980. The van der Waals surface area contributed by atoms with Gasteiger partial charge in [0.05, 0.1) is 18.2 Å². The fourth-order valence-corrected chi connectivity index (χ4v) is 1.15. The van der Waals surface area contributed by atoms with Gasteiger partial charge >= 0.3 is 5.69 Å². The van der Waals surface area contributed by atoms with Crippen LogP contribution in [0.5, 0.6) is 11.5 Å². The smallest absolute Gasteiger partial charge is 0.315 e. The maximum absolute atomic E-state index is 10.7. The third-order valence-electron chi connectivity index (χ3n) is 1.87. The van der Waals surface area contributed by atoms with Crippen molar-refractivity contribution in [2.75, 3.05) is 7.11 Å². The molecule has 0 heterocycles. The van der Waals surface area contributed by atoms with Crippen LogP contribution in [0, 0.1) is 20.2 Å². The molecule has 0 saturated heterocycles. The zero-order valence-corrected chi connectivity index (χ0v) is 11.1. The molecule has 22 heavy (non-hydrogen) atoms. The van der Waals surface area contributed by atoms with Crippen molar-refractivity contribution in [1.82, 2.24) is 0 Å². The number of methoxy groups -OCH3 is 1. The molecule has 1 aromatic rings. The fraction of sp³-hybridized carbons (Fsp3) is 0.111. The molecule has 0 bridgehead atoms. The van der Waals surface area contributed by atoms with Crippen molar-refractivity contribution >= 4 is 17.9 Å². The van der Waals surface area contributed by atoms with Gasteiger partial charge in [-0.1, -0.05) is 0 Å². The van der Waals surface area contributed by atoms with Crippen LogP contribution in [0.4, 0.5) is 5.69 Å². The molecule has 0 spiro atoms. The summed E-state index contributed by atoms with van der Waals surface area (Å²) in [5.74, 6) is -0.844. The van der Waals surface area contributed by atoms with Crippen LogP contribution < -0.4 is 16.2 Å². The number of guanidine groups is 1. The van der Waals surface area contributed by atoms with Crippen molar-refractivity contribution in [2.24, 2.45) is 21.7 Å². The first-order valence-electron chi connectivity index (χ1n) is 5.19. The number of nitrogens with two attached hydrogens (primary N) is 2. The number of hydrogen-bond acceptors (Lipinski definition) is 8. The zero-order valence-electron chi connectivity index (χ0n) is 11.1. The van der Waals surface area contributed by atoms with E-state index in [4.69, 9.17) is 31.5 Å². The SMILES string of the molecule is COc1cc(/C=N\N=C(N)N)cc([N+](=O)[O-])c1O.O=[N+]([O-])O. The largest absolute Gasteiger partial charge is 0.500 e. The normalized spacial score (nSPS) is 9.50. The van der Waals surface area contributed by atoms with Crippen LogP contribution in [-0.4, -0.2) is 39.6 Å². The summed E-state index contributed by atoms with van der Waals surface area (Å²) in [7, 11) is 1.27. The second-order valence-electron chi connectivity index (χ2n) is 3.36. The van der Waals surface area contributed by atoms with Crippen molar-refractivity contribution in [1.29, 1.82) is 0 Å². The molecule has 0 saturated carbocycles. The highest BCUT2D eigenvalue weighted by Crippen LogP contribution is 2.36. The van der Waals surface area contributed by atoms with Gasteiger partial charge in [0.1, 0.15) is 0 Å². The molecule has 0 radical (unpaired) electrons. The van der Waals surface area contributed by atoms with E-state index >= 15 is 0 Å². The number of rotatable bonds is 4. The molecule has 0 amide bonds. The van der Waals surface area contributed by atoms with E-state index in [-0.39, 0.29) is 11.7 Å². The van der Waals surface area contributed by atoms with E-state index in [0.717, 1.165) is 6.07 Å². The summed E-state index contributed by atoms with van der Waals surface area (Å²) in [5.41, 5.74) is 9.92. The third-order valence-corrected chi connectivity index (χ3v) is 1.87. The summed E-state index contributed by atoms with van der Waals surface area (Å²) < 4.78 is 4.80. The summed E-state index contributed by atoms with van der Waals surface area (Å²) >= 11 is 0. The lowest BCUT2D eigenvalue weighted by Crippen LogP contribution is -2.21. The molecule has 0 aromatic heterocycles. The lowest BCUT2D eigenvalue weighted by Gasteiger charge is -2.04. The maximum atomic E-state index is 10.7. The van der Waals surface area contributed by atoms with Crippen LogP contribution in [0.1, 0.15) is 5.56 Å². The number of aromatic hydroxyl groups is 1. The van der Waals surface area contributed by atoms with Crippen LogP contribution in [0.3, 0.4) is 0 Å². The predicted molar refractivity (Wildman–Crippen MR) is 73.5 cm³/mol. The molecule has 1 rings (SSSR count). The number of nitro benzene ring substituents is 1. The number of phenolic OH excluding ortho intramolecular Hbond substituents is 1. The Morgan fingerprint density at radius 1 is 1.36 bits per heavy atom. The topological polar surface area (TPSA) is 213 Å². The van der Waals surface area contributed by atoms with E-state index in [9.17, 15) is 15.2 Å². The highest BCUT2D eigenvalue weighted by Gasteiger charge is 2.19. The van der Waals surface area contributed by atoms with Gasteiger partial charge in [-0.15, -0.1) is 15.2 Å². The molecule has 0 aliphatic rings. The first kappa shape index (κ1) is 18.4. The van der Waals surface area contributed by atoms with Gasteiger partial charge in [-0.05, 0) is 6.07 Å². The van der Waals surface area contributed by atoms with E-state index in [1.54, 1.807) is 0 Å². The third kappa shape index (κ3) is 6.50. The molecule has 120 valence electrons. The number of benzene rings is 1. The lowest BCUT2D eigenvalue weighted by atomic mass is 10.2. The number of nitro groups is 1. The molecule has 0 aliphatic carbocycles. The van der Waals surface area contributed by atoms with E-state index in [0.29, 0.717) is 5.56 Å². The van der Waals surface area contributed by atoms with Gasteiger partial charge in [-0.3, -0.25) is 10.1 Å². The van der Waals surface area contributed by atoms with Gasteiger partial charge in [0, 0.05) is 11.6 Å². The van der Waals surface area contributed by atoms with Gasteiger partial charge in [0.15, 0.2) is 5.75 Å². The predicted octanol–water partition coefficient (Wildman–Crippen LogP) is -0.431. The quantitative estimate of drug-likeness (QED) is 0.245. The summed E-state index contributed by atoms with van der Waals surface area (Å²) in [6, 6.07) is 2.47. The number of hydrogen-bond donors (Lipinski definition) is 4. The fourth-order valence-electron chi connectivity index (χ4n) is 1.15. The summed E-state index contributed by atoms with van der Waals surface area (Å²) in [4.78, 5) is 18.3. The molecule has 0 atom stereocenters. The zero-order chi connectivity index (χ0) is 17.3. The van der Waals surface area contributed by atoms with Gasteiger partial charge < -0.3 is 26.5 Å². The lowest BCUT2D eigenvalue weighted by molar-refractivity contribution is -0.742. The molecular weight excluding hydrogens is 304 g/mol. The van der Waals surface area contributed by atoms with Crippen LogP contribution in [0.2, 0.25) is 0 Å². The number of nitrogens with zero attached hydrogens (tertiary/aromatic N) is 4. The average molecular weight is 316 g/mol. The van der Waals surface area contributed by atoms with Gasteiger partial charge in [0.25, 0.3) is 5.09 Å². The minimum atomic E-state index is -1.50. The van der Waals surface area contributed by atoms with Gasteiger partial charge in [-0.2, -0.15) is 5.10 Å². The van der Waals surface area contributed by atoms with E-state index in [2.05, 4.69) is 10.2 Å². The highest BCUT2D eigenvalue weighted by molar-refractivity contribution is 5.84. The van der Waals surface area contributed by atoms with Crippen molar-refractivity contribution in [3.05, 3.63) is 37.9 Å². The summed E-state index contributed by atoms with van der Waals surface area (Å²) in [6.07, 6.45) is 1.19. The second-order valence-corrected chi connectivity index (χ2v) is 3.36. The molecule has 0 fully saturated rings. The van der Waals surface area contributed by atoms with Crippen LogP contribution in [0.25, 0.3) is 0 Å². The van der Waals surface area contributed by atoms with E-state index in [1.165, 1.54) is 19.4 Å². The van der Waals surface area contributed by atoms with Crippen LogP contribution in [-0.2, 0) is 0 Å². The Morgan fingerprint density at radius 3 is 2.32 bits per heavy atom. The van der Waals surface area contributed by atoms with Crippen LogP contribution in [0.15, 0.2) is 22.3 Å². The summed E-state index contributed by atoms with van der Waals surface area (Å²) in [6.45, 7) is 0. The Hall–Kier alpha value is -3.64. The van der Waals surface area contributed by atoms with Gasteiger partial charge in [0.2, 0.25) is 11.7 Å². The van der Waals surface area contributed by atoms with Crippen molar-refractivity contribution in [3.63, 3.8) is 0 Å². The second kappa shape index (κ2) is 8.51. The standard InChI is InChI=1S/C9H11N5O4.HNO3/c1-18-7-3-5(4-12-13-9(10)11)2-6(8(7)15)14(16)17;2-1(3)4/h2-4,15H,1H3,(H4,10,11,13);(H,2,3,4)/b12-4-;.